The molecular formula is C94H113BrF4N6O6S3Si3Sn. The van der Waals surface area contributed by atoms with E-state index in [4.69, 9.17) is 33.3 Å². The van der Waals surface area contributed by atoms with E-state index in [1.807, 2.05) is 46.8 Å². The average Bonchev–Trinajstić information content (AvgIpc) is 1.54. The number of amides is 2. The van der Waals surface area contributed by atoms with Crippen molar-refractivity contribution in [2.24, 2.45) is 11.8 Å². The summed E-state index contributed by atoms with van der Waals surface area (Å²) in [5, 5.41) is 22.0. The van der Waals surface area contributed by atoms with Gasteiger partial charge in [-0.3, -0.25) is 4.79 Å². The molecule has 6 atom stereocenters. The second-order valence-electron chi connectivity index (χ2n) is 36.5. The molecule has 5 aliphatic carbocycles. The van der Waals surface area contributed by atoms with Gasteiger partial charge in [0.05, 0.1) is 24.9 Å². The van der Waals surface area contributed by atoms with Crippen molar-refractivity contribution in [3.63, 3.8) is 0 Å². The SMILES string of the molecule is CC(C)(C)[Si](OCc1nc[c]([Sn]([CH3])([CH3])[CH3])s1)(c1ccccc1)c1ccccc1.CC(C)(C)[Si](OCc1ncc(C23CCC(=O)C2C3)s1)(c1ccccc1)c1ccccc1.CC(C)(C)[Si](OCc1ncc([C@]23CC[C@@H](N(CCN4CCCC4)C(=O)Nc4ccc(F)c(C(F)(F)F)c4)[C@H]2C3)s1)(c1ccccc1)c1ccccc1.OC1C=C(Br)CC1. The summed E-state index contributed by atoms with van der Waals surface area (Å²) in [5.74, 6) is -0.450. The summed E-state index contributed by atoms with van der Waals surface area (Å²) in [6.07, 6.45) is 12.4. The van der Waals surface area contributed by atoms with E-state index in [1.54, 1.807) is 22.7 Å². The van der Waals surface area contributed by atoms with Crippen molar-refractivity contribution in [1.82, 2.24) is 24.8 Å². The first-order valence-electron chi connectivity index (χ1n) is 41.5. The summed E-state index contributed by atoms with van der Waals surface area (Å²) >= 11 is 6.50. The standard InChI is InChI=1S/C40H46F4N4O2SSi.C26H29NO2SSi.C20H22NOSSi.C5H7BrO.3CH3.Sn/c1-38(2,3)52(29-12-6-4-7-13-29,30-14-8-5-9-15-30)50-27-36-45-26-35(51-36)39-19-18-34(32(39)25-39)48(23-22-47-20-10-11-21-47)37(49)46-28-16-17-33(41)31(24-28)40(42,43)44;1-25(2,3)31(19-10-6-4-7-11-19,20-12-8-5-9-13-20)29-18-24-27-17-23(30-24)26-15-14-22(28)21(26)16-26;1-20(2,3)24(17-10-6-4-7-11-17,18-12-8-5-9-13-18)22-16-19-21-14-15-23-19;6-4-1-2-5(7)3-4;;;;/h4-9,12-17,24,26,32,34H,10-11,18-23,25,27H2,1-3H3,(H,46,49);4-13,17,21H,14-16,18H2,1-3H3;4-14H,16H2,1-3H3;3,5,7H,1-2H2;3*1H3;/t32-,34-,39+;;;;;;;/m1......./s1. The summed E-state index contributed by atoms with van der Waals surface area (Å²) in [5.41, 5.74) is -1.44. The minimum atomic E-state index is -4.86. The smallest absolute Gasteiger partial charge is 0.401 e. The maximum absolute atomic E-state index is 14.0. The molecule has 1 saturated heterocycles. The molecule has 2 N–H and O–H groups in total. The van der Waals surface area contributed by atoms with Crippen LogP contribution in [-0.4, -0.2) is 123 Å². The Balaban J connectivity index is 0.000000156. The van der Waals surface area contributed by atoms with Gasteiger partial charge in [-0.2, -0.15) is 13.2 Å². The number of Topliss-reactive ketones (excluding diaryl/α,β-unsaturated/α-hetero) is 1. The van der Waals surface area contributed by atoms with E-state index in [1.165, 1.54) is 49.8 Å². The number of carbonyl (C=O) groups is 2. The molecule has 4 saturated carbocycles. The number of carbonyl (C=O) groups excluding carboxylic acids is 2. The van der Waals surface area contributed by atoms with Crippen LogP contribution in [0.5, 0.6) is 0 Å². The van der Waals surface area contributed by atoms with Crippen molar-refractivity contribution >= 4 is 145 Å². The van der Waals surface area contributed by atoms with E-state index in [9.17, 15) is 27.2 Å². The number of allylic oxidation sites excluding steroid dienone is 1. The van der Waals surface area contributed by atoms with Gasteiger partial charge in [0.2, 0.25) is 0 Å². The van der Waals surface area contributed by atoms with Crippen molar-refractivity contribution in [2.75, 3.05) is 31.5 Å². The number of urea groups is 1. The summed E-state index contributed by atoms with van der Waals surface area (Å²) in [6, 6.07) is 66.3. The van der Waals surface area contributed by atoms with Gasteiger partial charge in [0, 0.05) is 70.1 Å². The van der Waals surface area contributed by atoms with Gasteiger partial charge in [0.15, 0.2) is 0 Å². The minimum absolute atomic E-state index is 0.000939. The minimum Gasteiger partial charge on any atom is -0.401 e. The van der Waals surface area contributed by atoms with Crippen LogP contribution in [0.15, 0.2) is 229 Å². The normalized spacial score (nSPS) is 20.6. The molecule has 3 aromatic heterocycles. The van der Waals surface area contributed by atoms with E-state index in [-0.39, 0.29) is 55.6 Å². The second kappa shape index (κ2) is 36.9. The van der Waals surface area contributed by atoms with Gasteiger partial charge >= 0.3 is 192 Å². The molecule has 24 heteroatoms. The number of fused-ring (bicyclic) bond motifs is 2. The largest absolute Gasteiger partial charge is 0.419 e. The van der Waals surface area contributed by atoms with E-state index in [0.29, 0.717) is 44.8 Å². The van der Waals surface area contributed by atoms with E-state index in [2.05, 4.69) is 279 Å². The van der Waals surface area contributed by atoms with Gasteiger partial charge in [0.25, 0.3) is 16.6 Å². The fourth-order valence-corrected chi connectivity index (χ4v) is 40.9. The van der Waals surface area contributed by atoms with E-state index < -0.39 is 66.9 Å². The number of rotatable bonds is 23. The van der Waals surface area contributed by atoms with Crippen LogP contribution in [0.3, 0.4) is 0 Å². The number of hydrogen-bond acceptors (Lipinski definition) is 13. The first-order chi connectivity index (χ1) is 56.1. The number of halogens is 5. The maximum atomic E-state index is 14.0. The van der Waals surface area contributed by atoms with Crippen LogP contribution < -0.4 is 39.3 Å². The van der Waals surface area contributed by atoms with Crippen molar-refractivity contribution in [3.8, 4) is 0 Å². The van der Waals surface area contributed by atoms with Crippen LogP contribution in [0.2, 0.25) is 29.9 Å². The van der Waals surface area contributed by atoms with E-state index >= 15 is 0 Å². The van der Waals surface area contributed by atoms with Gasteiger partial charge in [-0.15, -0.1) is 22.7 Å². The molecular weight excluding hydrogens is 1760 g/mol. The molecule has 7 aromatic carbocycles. The molecule has 118 heavy (non-hydrogen) atoms. The molecule has 5 fully saturated rings. The predicted molar refractivity (Wildman–Crippen MR) is 488 cm³/mol. The molecule has 12 nitrogen and oxygen atoms in total. The Morgan fingerprint density at radius 1 is 0.576 bits per heavy atom. The molecule has 1 aliphatic heterocycles. The first kappa shape index (κ1) is 89.3. The topological polar surface area (TPSA) is 139 Å². The fraction of sp³-hybridized carbons (Fsp3) is 0.415. The van der Waals surface area contributed by atoms with Crippen LogP contribution in [0.25, 0.3) is 0 Å². The molecule has 3 unspecified atom stereocenters. The third-order valence-corrected chi connectivity index (χ3v) is 53.1. The number of alkyl halides is 3. The van der Waals surface area contributed by atoms with Crippen molar-refractivity contribution in [3.05, 3.63) is 265 Å². The van der Waals surface area contributed by atoms with Gasteiger partial charge in [0.1, 0.15) is 21.6 Å². The number of likely N-dealkylation sites (tertiary alicyclic amines) is 1. The van der Waals surface area contributed by atoms with Crippen molar-refractivity contribution in [2.45, 2.75) is 205 Å². The predicted octanol–water partition coefficient (Wildman–Crippen LogP) is 19.5. The van der Waals surface area contributed by atoms with E-state index in [0.717, 1.165) is 103 Å². The molecule has 0 bridgehead atoms. The fourth-order valence-electron chi connectivity index (χ4n) is 18.5. The number of ketones is 1. The van der Waals surface area contributed by atoms with Crippen LogP contribution in [-0.2, 0) is 54.9 Å². The summed E-state index contributed by atoms with van der Waals surface area (Å²) in [4.78, 5) is 54.2. The van der Waals surface area contributed by atoms with Crippen molar-refractivity contribution < 1.29 is 45.5 Å². The number of anilines is 1. The summed E-state index contributed by atoms with van der Waals surface area (Å²) in [6.45, 7) is 25.2. The Bertz CT molecular complexity index is 4930. The zero-order valence-electron chi connectivity index (χ0n) is 70.0. The zero-order chi connectivity index (χ0) is 84.1. The third kappa shape index (κ3) is 19.5. The molecule has 4 heterocycles. The van der Waals surface area contributed by atoms with Gasteiger partial charge in [-0.05, 0) is 136 Å². The number of aromatic nitrogens is 3. The molecule has 0 radical (unpaired) electrons. The summed E-state index contributed by atoms with van der Waals surface area (Å²) < 4.78 is 78.2. The number of benzene rings is 7. The first-order valence-corrected chi connectivity index (χ1v) is 60.4. The number of aliphatic hydroxyl groups is 1. The van der Waals surface area contributed by atoms with Crippen LogP contribution >= 0.6 is 49.9 Å². The van der Waals surface area contributed by atoms with Crippen LogP contribution in [0, 0.1) is 17.7 Å². The Hall–Kier alpha value is -6.44. The Labute approximate surface area is 723 Å². The number of aliphatic hydroxyl groups excluding tert-OH is 1. The van der Waals surface area contributed by atoms with Crippen LogP contribution in [0.1, 0.15) is 157 Å². The van der Waals surface area contributed by atoms with Gasteiger partial charge in [-0.25, -0.2) is 19.2 Å². The Morgan fingerprint density at radius 2 is 0.992 bits per heavy atom. The quantitative estimate of drug-likeness (QED) is 0.0470. The molecule has 16 rings (SSSR count). The third-order valence-electron chi connectivity index (χ3n) is 24.7. The molecule has 10 aromatic rings. The molecule has 624 valence electrons. The number of nitrogens with one attached hydrogen (secondary N) is 1. The summed E-state index contributed by atoms with van der Waals surface area (Å²) in [7, 11) is -7.79. The number of thiazole rings is 3. The maximum Gasteiger partial charge on any atom is 0.419 e. The average molecular weight is 1880 g/mol. The Morgan fingerprint density at radius 3 is 1.33 bits per heavy atom. The zero-order valence-corrected chi connectivity index (χ0v) is 79.9. The van der Waals surface area contributed by atoms with Crippen molar-refractivity contribution in [1.29, 1.82) is 0 Å². The van der Waals surface area contributed by atoms with Crippen LogP contribution in [0.4, 0.5) is 28.0 Å². The molecule has 6 aliphatic rings. The number of hydrogen-bond donors (Lipinski definition) is 2. The van der Waals surface area contributed by atoms with Gasteiger partial charge in [-0.1, -0.05) is 179 Å². The second-order valence-corrected chi connectivity index (χ2v) is 69.2. The monoisotopic (exact) mass is 1880 g/mol. The Kier molecular flexibility index (Phi) is 28.0. The number of nitrogens with zero attached hydrogens (tertiary/aromatic N) is 5. The molecule has 0 spiro atoms. The van der Waals surface area contributed by atoms with Gasteiger partial charge < -0.3 is 29.1 Å². The molecule has 2 amide bonds.